The second kappa shape index (κ2) is 7.53. The number of hydrogen-bond acceptors (Lipinski definition) is 4. The van der Waals surface area contributed by atoms with Crippen LogP contribution in [0.1, 0.15) is 30.0 Å². The van der Waals surface area contributed by atoms with Gasteiger partial charge in [-0.1, -0.05) is 30.3 Å². The fourth-order valence-electron chi connectivity index (χ4n) is 3.55. The lowest BCUT2D eigenvalue weighted by Gasteiger charge is -2.32. The molecule has 2 aromatic heterocycles. The highest BCUT2D eigenvalue weighted by Crippen LogP contribution is 2.27. The van der Waals surface area contributed by atoms with Crippen LogP contribution in [0.3, 0.4) is 0 Å². The molecule has 4 nitrogen and oxygen atoms in total. The van der Waals surface area contributed by atoms with Gasteiger partial charge in [0.2, 0.25) is 0 Å². The van der Waals surface area contributed by atoms with Gasteiger partial charge in [-0.2, -0.15) is 0 Å². The van der Waals surface area contributed by atoms with Gasteiger partial charge in [-0.05, 0) is 49.1 Å². The van der Waals surface area contributed by atoms with E-state index in [1.165, 1.54) is 18.4 Å². The molecule has 25 heavy (non-hydrogen) atoms. The maximum Gasteiger partial charge on any atom is 0.159 e. The smallest absolute Gasteiger partial charge is 0.159 e. The Kier molecular flexibility index (Phi) is 4.79. The van der Waals surface area contributed by atoms with Crippen LogP contribution in [-0.2, 0) is 6.54 Å². The van der Waals surface area contributed by atoms with Crippen molar-refractivity contribution in [3.05, 3.63) is 78.4 Å². The van der Waals surface area contributed by atoms with Crippen LogP contribution in [0.5, 0.6) is 0 Å². The van der Waals surface area contributed by atoms with E-state index in [0.717, 1.165) is 36.7 Å². The fourth-order valence-corrected chi connectivity index (χ4v) is 3.55. The Morgan fingerprint density at radius 1 is 0.960 bits per heavy atom. The summed E-state index contributed by atoms with van der Waals surface area (Å²) in [5.41, 5.74) is 3.54. The molecule has 1 aliphatic heterocycles. The molecule has 0 amide bonds. The molecule has 1 aromatic carbocycles. The van der Waals surface area contributed by atoms with Crippen molar-refractivity contribution in [3.63, 3.8) is 0 Å². The van der Waals surface area contributed by atoms with Crippen molar-refractivity contribution in [2.24, 2.45) is 0 Å². The molecule has 1 saturated heterocycles. The average Bonchev–Trinajstić information content (AvgIpc) is 2.70. The number of rotatable bonds is 4. The molecule has 126 valence electrons. The van der Waals surface area contributed by atoms with Crippen LogP contribution in [0.4, 0.5) is 0 Å². The largest absolute Gasteiger partial charge is 0.297 e. The van der Waals surface area contributed by atoms with Crippen molar-refractivity contribution in [2.45, 2.75) is 25.3 Å². The van der Waals surface area contributed by atoms with Crippen molar-refractivity contribution in [1.29, 1.82) is 0 Å². The standard InChI is InChI=1S/C21H22N4/c1-2-5-17(6-3-1)19-7-4-14-25(15-19)16-20-10-13-23-21(24-20)18-8-11-22-12-9-18/h1-3,5-6,8-13,19H,4,7,14-16H2/t19-/m1/s1. The van der Waals surface area contributed by atoms with E-state index in [9.17, 15) is 0 Å². The molecule has 1 fully saturated rings. The Balaban J connectivity index is 1.47. The first-order chi connectivity index (χ1) is 12.4. The number of aromatic nitrogens is 3. The number of benzene rings is 1. The summed E-state index contributed by atoms with van der Waals surface area (Å²) in [6.07, 6.45) is 7.92. The van der Waals surface area contributed by atoms with Gasteiger partial charge in [0.15, 0.2) is 5.82 Å². The molecule has 4 heteroatoms. The highest BCUT2D eigenvalue weighted by Gasteiger charge is 2.21. The molecule has 4 rings (SSSR count). The Bertz CT molecular complexity index is 804. The zero-order chi connectivity index (χ0) is 16.9. The number of piperidine rings is 1. The third-order valence-corrected chi connectivity index (χ3v) is 4.81. The van der Waals surface area contributed by atoms with Gasteiger partial charge in [0.1, 0.15) is 0 Å². The fraction of sp³-hybridized carbons (Fsp3) is 0.286. The van der Waals surface area contributed by atoms with Gasteiger partial charge in [0.05, 0.1) is 5.69 Å². The lowest BCUT2D eigenvalue weighted by atomic mass is 9.90. The van der Waals surface area contributed by atoms with Crippen molar-refractivity contribution in [3.8, 4) is 11.4 Å². The number of likely N-dealkylation sites (tertiary alicyclic amines) is 1. The zero-order valence-electron chi connectivity index (χ0n) is 14.3. The van der Waals surface area contributed by atoms with Crippen LogP contribution in [0.2, 0.25) is 0 Å². The van der Waals surface area contributed by atoms with E-state index in [0.29, 0.717) is 5.92 Å². The predicted octanol–water partition coefficient (Wildman–Crippen LogP) is 3.92. The van der Waals surface area contributed by atoms with Crippen LogP contribution >= 0.6 is 0 Å². The minimum Gasteiger partial charge on any atom is -0.297 e. The van der Waals surface area contributed by atoms with Crippen molar-refractivity contribution in [1.82, 2.24) is 19.9 Å². The molecule has 1 aliphatic rings. The predicted molar refractivity (Wildman–Crippen MR) is 99.0 cm³/mol. The minimum absolute atomic E-state index is 0.622. The first-order valence-electron chi connectivity index (χ1n) is 8.88. The molecule has 0 aliphatic carbocycles. The normalized spacial score (nSPS) is 18.2. The van der Waals surface area contributed by atoms with E-state index in [1.54, 1.807) is 12.4 Å². The summed E-state index contributed by atoms with van der Waals surface area (Å²) in [6.45, 7) is 3.11. The second-order valence-electron chi connectivity index (χ2n) is 6.59. The van der Waals surface area contributed by atoms with Crippen molar-refractivity contribution < 1.29 is 0 Å². The zero-order valence-corrected chi connectivity index (χ0v) is 14.3. The molecule has 0 bridgehead atoms. The highest BCUT2D eigenvalue weighted by atomic mass is 15.1. The van der Waals surface area contributed by atoms with Crippen LogP contribution in [0.25, 0.3) is 11.4 Å². The highest BCUT2D eigenvalue weighted by molar-refractivity contribution is 5.53. The maximum atomic E-state index is 4.75. The molecule has 3 heterocycles. The average molecular weight is 330 g/mol. The summed E-state index contributed by atoms with van der Waals surface area (Å²) in [5.74, 6) is 1.40. The number of pyridine rings is 1. The summed E-state index contributed by atoms with van der Waals surface area (Å²) in [5, 5.41) is 0. The van der Waals surface area contributed by atoms with Crippen LogP contribution < -0.4 is 0 Å². The van der Waals surface area contributed by atoms with Crippen molar-refractivity contribution >= 4 is 0 Å². The Hall–Kier alpha value is -2.59. The molecule has 1 atom stereocenters. The summed E-state index contributed by atoms with van der Waals surface area (Å²) < 4.78 is 0. The minimum atomic E-state index is 0.622. The van der Waals surface area contributed by atoms with Gasteiger partial charge >= 0.3 is 0 Å². The third kappa shape index (κ3) is 3.91. The molecular weight excluding hydrogens is 308 g/mol. The Morgan fingerprint density at radius 3 is 2.64 bits per heavy atom. The summed E-state index contributed by atoms with van der Waals surface area (Å²) in [4.78, 5) is 15.7. The lowest BCUT2D eigenvalue weighted by molar-refractivity contribution is 0.198. The van der Waals surface area contributed by atoms with Gasteiger partial charge in [0.25, 0.3) is 0 Å². The summed E-state index contributed by atoms with van der Waals surface area (Å²) >= 11 is 0. The SMILES string of the molecule is c1ccc([C@@H]2CCCN(Cc3ccnc(-c4ccncc4)n3)C2)cc1. The topological polar surface area (TPSA) is 41.9 Å². The second-order valence-corrected chi connectivity index (χ2v) is 6.59. The van der Waals surface area contributed by atoms with E-state index < -0.39 is 0 Å². The molecule has 0 saturated carbocycles. The van der Waals surface area contributed by atoms with E-state index >= 15 is 0 Å². The van der Waals surface area contributed by atoms with Gasteiger partial charge in [-0.15, -0.1) is 0 Å². The molecule has 0 spiro atoms. The maximum absolute atomic E-state index is 4.75. The molecule has 3 aromatic rings. The molecule has 0 N–H and O–H groups in total. The Morgan fingerprint density at radius 2 is 1.80 bits per heavy atom. The third-order valence-electron chi connectivity index (χ3n) is 4.81. The van der Waals surface area contributed by atoms with Crippen molar-refractivity contribution in [2.75, 3.05) is 13.1 Å². The van der Waals surface area contributed by atoms with Gasteiger partial charge in [-0.3, -0.25) is 9.88 Å². The Labute approximate surface area is 148 Å². The van der Waals surface area contributed by atoms with E-state index in [1.807, 2.05) is 24.4 Å². The van der Waals surface area contributed by atoms with Crippen LogP contribution in [-0.4, -0.2) is 32.9 Å². The van der Waals surface area contributed by atoms with E-state index in [-0.39, 0.29) is 0 Å². The first kappa shape index (κ1) is 15.9. The van der Waals surface area contributed by atoms with Gasteiger partial charge < -0.3 is 0 Å². The quantitative estimate of drug-likeness (QED) is 0.727. The molecule has 0 unspecified atom stereocenters. The van der Waals surface area contributed by atoms with E-state index in [2.05, 4.69) is 45.2 Å². The van der Waals surface area contributed by atoms with Gasteiger partial charge in [-0.25, -0.2) is 9.97 Å². The first-order valence-corrected chi connectivity index (χ1v) is 8.88. The van der Waals surface area contributed by atoms with E-state index in [4.69, 9.17) is 4.98 Å². The molecular formula is C21H22N4. The van der Waals surface area contributed by atoms with Gasteiger partial charge in [0, 0.05) is 37.2 Å². The number of hydrogen-bond donors (Lipinski definition) is 0. The summed E-state index contributed by atoms with van der Waals surface area (Å²) in [6, 6.07) is 16.8. The monoisotopic (exact) mass is 330 g/mol. The molecule has 0 radical (unpaired) electrons. The van der Waals surface area contributed by atoms with Crippen LogP contribution in [0.15, 0.2) is 67.1 Å². The lowest BCUT2D eigenvalue weighted by Crippen LogP contribution is -2.34. The van der Waals surface area contributed by atoms with Crippen LogP contribution in [0, 0.1) is 0 Å². The summed E-state index contributed by atoms with van der Waals surface area (Å²) in [7, 11) is 0. The number of nitrogens with zero attached hydrogens (tertiary/aromatic N) is 4.